The molecule has 186 valence electrons. The van der Waals surface area contributed by atoms with Gasteiger partial charge in [0.05, 0.1) is 11.4 Å². The first-order valence-electron chi connectivity index (χ1n) is 12.8. The third kappa shape index (κ3) is 4.33. The lowest BCUT2D eigenvalue weighted by atomic mass is 9.86. The zero-order chi connectivity index (χ0) is 24.8. The number of imide groups is 1. The summed E-state index contributed by atoms with van der Waals surface area (Å²) in [5.41, 5.74) is 4.89. The Kier molecular flexibility index (Phi) is 6.32. The van der Waals surface area contributed by atoms with Crippen LogP contribution in [0.1, 0.15) is 59.2 Å². The second-order valence-corrected chi connectivity index (χ2v) is 10.8. The third-order valence-corrected chi connectivity index (χ3v) is 8.67. The highest BCUT2D eigenvalue weighted by Gasteiger charge is 2.39. The molecule has 3 aliphatic rings. The first kappa shape index (κ1) is 23.6. The number of halogens is 1. The van der Waals surface area contributed by atoms with E-state index in [0.29, 0.717) is 30.7 Å². The number of thiol groups is 1. The molecule has 3 aliphatic heterocycles. The van der Waals surface area contributed by atoms with Crippen molar-refractivity contribution in [2.45, 2.75) is 56.1 Å². The number of fused-ring (bicyclic) bond motifs is 2. The number of hydrogen-bond donors (Lipinski definition) is 2. The van der Waals surface area contributed by atoms with Gasteiger partial charge in [-0.05, 0) is 72.0 Å². The maximum Gasteiger partial charge on any atom is 0.243 e. The van der Waals surface area contributed by atoms with Gasteiger partial charge < -0.3 is 0 Å². The highest BCUT2D eigenvalue weighted by Crippen LogP contribution is 2.40. The minimum Gasteiger partial charge on any atom is -0.299 e. The van der Waals surface area contributed by atoms with Gasteiger partial charge in [0.15, 0.2) is 0 Å². The van der Waals surface area contributed by atoms with Gasteiger partial charge in [-0.1, -0.05) is 48.5 Å². The van der Waals surface area contributed by atoms with E-state index in [-0.39, 0.29) is 29.0 Å². The van der Waals surface area contributed by atoms with Crippen LogP contribution < -0.4 is 5.32 Å². The Morgan fingerprint density at radius 1 is 0.944 bits per heavy atom. The van der Waals surface area contributed by atoms with Crippen molar-refractivity contribution in [3.8, 4) is 0 Å². The average molecular weight is 504 g/mol. The van der Waals surface area contributed by atoms with Crippen LogP contribution in [0.2, 0.25) is 0 Å². The van der Waals surface area contributed by atoms with Crippen LogP contribution in [0.15, 0.2) is 54.6 Å². The first-order valence-corrected chi connectivity index (χ1v) is 13.3. The largest absolute Gasteiger partial charge is 0.299 e. The Morgan fingerprint density at radius 3 is 2.53 bits per heavy atom. The van der Waals surface area contributed by atoms with Gasteiger partial charge in [-0.2, -0.15) is 12.6 Å². The molecule has 0 aromatic heterocycles. The van der Waals surface area contributed by atoms with Gasteiger partial charge in [0, 0.05) is 24.9 Å². The van der Waals surface area contributed by atoms with Crippen molar-refractivity contribution in [3.63, 3.8) is 0 Å². The zero-order valence-electron chi connectivity index (χ0n) is 20.1. The Labute approximate surface area is 216 Å². The molecule has 3 aromatic carbocycles. The van der Waals surface area contributed by atoms with E-state index in [1.54, 1.807) is 6.07 Å². The lowest BCUT2D eigenvalue weighted by molar-refractivity contribution is -0.137. The second-order valence-electron chi connectivity index (χ2n) is 10.3. The van der Waals surface area contributed by atoms with Gasteiger partial charge >= 0.3 is 0 Å². The fourth-order valence-corrected chi connectivity index (χ4v) is 6.69. The summed E-state index contributed by atoms with van der Waals surface area (Å²) in [6, 6.07) is 17.6. The van der Waals surface area contributed by atoms with Crippen molar-refractivity contribution >= 4 is 35.2 Å². The molecule has 2 unspecified atom stereocenters. The number of likely N-dealkylation sites (tertiary alicyclic amines) is 1. The molecule has 36 heavy (non-hydrogen) atoms. The van der Waals surface area contributed by atoms with Crippen LogP contribution in [0.25, 0.3) is 10.8 Å². The van der Waals surface area contributed by atoms with Crippen LogP contribution in [0.3, 0.4) is 0 Å². The van der Waals surface area contributed by atoms with E-state index in [0.717, 1.165) is 43.4 Å². The number of nitrogens with one attached hydrogen (secondary N) is 1. The summed E-state index contributed by atoms with van der Waals surface area (Å²) in [5, 5.41) is 4.08. The Balaban J connectivity index is 1.11. The molecule has 2 saturated heterocycles. The van der Waals surface area contributed by atoms with Gasteiger partial charge in [0.1, 0.15) is 5.82 Å². The van der Waals surface area contributed by atoms with Crippen LogP contribution in [0.4, 0.5) is 4.39 Å². The van der Waals surface area contributed by atoms with Crippen LogP contribution in [-0.4, -0.2) is 40.7 Å². The van der Waals surface area contributed by atoms with Crippen LogP contribution >= 0.6 is 12.6 Å². The van der Waals surface area contributed by atoms with Gasteiger partial charge in [0.2, 0.25) is 11.8 Å². The summed E-state index contributed by atoms with van der Waals surface area (Å²) >= 11 is 4.81. The molecular weight excluding hydrogens is 473 g/mol. The smallest absolute Gasteiger partial charge is 0.243 e. The zero-order valence-corrected chi connectivity index (χ0v) is 21.0. The normalized spacial score (nSPS) is 23.7. The average Bonchev–Trinajstić information content (AvgIpc) is 3.20. The molecule has 3 heterocycles. The van der Waals surface area contributed by atoms with Crippen molar-refractivity contribution in [1.29, 1.82) is 0 Å². The second kappa shape index (κ2) is 9.61. The van der Waals surface area contributed by atoms with Gasteiger partial charge in [-0.15, -0.1) is 0 Å². The fourth-order valence-electron chi connectivity index (χ4n) is 6.20. The van der Waals surface area contributed by atoms with Gasteiger partial charge in [-0.25, -0.2) is 4.39 Å². The van der Waals surface area contributed by atoms with Crippen LogP contribution in [0.5, 0.6) is 0 Å². The van der Waals surface area contributed by atoms with Gasteiger partial charge in [0.25, 0.3) is 0 Å². The van der Waals surface area contributed by atoms with E-state index in [1.807, 2.05) is 18.2 Å². The number of hydrogen-bond acceptors (Lipinski definition) is 5. The molecule has 0 radical (unpaired) electrons. The minimum atomic E-state index is -0.317. The molecule has 6 rings (SSSR count). The highest BCUT2D eigenvalue weighted by molar-refractivity contribution is 7.80. The molecule has 2 amide bonds. The first-order chi connectivity index (χ1) is 17.5. The predicted octanol–water partition coefficient (Wildman–Crippen LogP) is 4.91. The van der Waals surface area contributed by atoms with Crippen LogP contribution in [-0.2, 0) is 22.7 Å². The summed E-state index contributed by atoms with van der Waals surface area (Å²) in [4.78, 5) is 28.5. The van der Waals surface area contributed by atoms with Gasteiger partial charge in [-0.3, -0.25) is 24.7 Å². The Bertz CT molecular complexity index is 1340. The number of rotatable bonds is 4. The third-order valence-electron chi connectivity index (χ3n) is 8.10. The molecule has 0 spiro atoms. The van der Waals surface area contributed by atoms with Crippen molar-refractivity contribution in [2.75, 3.05) is 13.1 Å². The molecule has 1 N–H and O–H groups in total. The number of amides is 2. The maximum atomic E-state index is 14.3. The number of benzene rings is 3. The number of piperidine rings is 2. The topological polar surface area (TPSA) is 52.7 Å². The van der Waals surface area contributed by atoms with E-state index in [2.05, 4.69) is 39.4 Å². The van der Waals surface area contributed by atoms with E-state index in [9.17, 15) is 14.0 Å². The number of carbonyl (C=O) groups is 2. The summed E-state index contributed by atoms with van der Waals surface area (Å²) in [5.74, 6) is -0.112. The number of nitrogens with zero attached hydrogens (tertiary/aromatic N) is 2. The lowest BCUT2D eigenvalue weighted by Gasteiger charge is -2.32. The quantitative estimate of drug-likeness (QED) is 0.393. The fraction of sp³-hybridized carbons (Fsp3) is 0.379. The van der Waals surface area contributed by atoms with E-state index in [4.69, 9.17) is 12.6 Å². The summed E-state index contributed by atoms with van der Waals surface area (Å²) in [6.45, 7) is 3.57. The molecule has 0 saturated carbocycles. The van der Waals surface area contributed by atoms with Crippen molar-refractivity contribution in [2.24, 2.45) is 0 Å². The summed E-state index contributed by atoms with van der Waals surface area (Å²) in [6.07, 6.45) is 3.03. The SMILES string of the molecule is O=C1CCC(N2Cc3cc(CN4CCC(c5cccc6c(F)cccc56)CC4)ccc3C2S)C(=O)N1. The van der Waals surface area contributed by atoms with E-state index < -0.39 is 0 Å². The monoisotopic (exact) mass is 503 g/mol. The molecular formula is C29H30FN3O2S. The molecule has 0 aliphatic carbocycles. The highest BCUT2D eigenvalue weighted by atomic mass is 32.1. The summed E-state index contributed by atoms with van der Waals surface area (Å²) < 4.78 is 14.3. The molecule has 5 nitrogen and oxygen atoms in total. The summed E-state index contributed by atoms with van der Waals surface area (Å²) in [7, 11) is 0. The minimum absolute atomic E-state index is 0.140. The molecule has 0 bridgehead atoms. The van der Waals surface area contributed by atoms with Crippen molar-refractivity contribution in [1.82, 2.24) is 15.1 Å². The predicted molar refractivity (Wildman–Crippen MR) is 141 cm³/mol. The van der Waals surface area contributed by atoms with E-state index >= 15 is 0 Å². The standard InChI is InChI=1S/C29H30FN3O2S/c30-25-6-2-4-23-21(3-1-5-24(23)25)19-11-13-32(14-12-19)16-18-7-8-22-20(15-18)17-33(29(22)36)26-9-10-27(34)31-28(26)35/h1-8,15,19,26,29,36H,9-14,16-17H2,(H,31,34,35). The van der Waals surface area contributed by atoms with Crippen LogP contribution in [0, 0.1) is 5.82 Å². The maximum absolute atomic E-state index is 14.3. The van der Waals surface area contributed by atoms with E-state index in [1.165, 1.54) is 22.8 Å². The molecule has 2 atom stereocenters. The molecule has 3 aromatic rings. The lowest BCUT2D eigenvalue weighted by Crippen LogP contribution is -2.51. The molecule has 7 heteroatoms. The Hall–Kier alpha value is -2.74. The number of carbonyl (C=O) groups excluding carboxylic acids is 2. The van der Waals surface area contributed by atoms with Crippen molar-refractivity contribution in [3.05, 3.63) is 82.7 Å². The van der Waals surface area contributed by atoms with Crippen molar-refractivity contribution < 1.29 is 14.0 Å². The Morgan fingerprint density at radius 2 is 1.72 bits per heavy atom. The molecule has 2 fully saturated rings.